The molecule has 2 aromatic carbocycles. The molecule has 0 bridgehead atoms. The number of phenolic OH excluding ortho intramolecular Hbond substituents is 1. The number of phenols is 1. The molecule has 0 aliphatic carbocycles. The molecule has 1 N–H and O–H groups in total. The van der Waals surface area contributed by atoms with E-state index in [1.54, 1.807) is 17.0 Å². The van der Waals surface area contributed by atoms with E-state index < -0.39 is 5.69 Å². The predicted molar refractivity (Wildman–Crippen MR) is 160 cm³/mol. The van der Waals surface area contributed by atoms with Crippen LogP contribution in [0.2, 0.25) is 10.0 Å². The highest BCUT2D eigenvalue weighted by Gasteiger charge is 2.30. The van der Waals surface area contributed by atoms with Crippen LogP contribution in [0.15, 0.2) is 66.0 Å². The number of hydrogen-bond donors (Lipinski definition) is 1. The van der Waals surface area contributed by atoms with Crippen LogP contribution in [-0.2, 0) is 4.79 Å². The highest BCUT2D eigenvalue weighted by Crippen LogP contribution is 2.38. The fourth-order valence-corrected chi connectivity index (χ4v) is 5.67. The van der Waals surface area contributed by atoms with Gasteiger partial charge >= 0.3 is 5.69 Å². The molecule has 8 nitrogen and oxygen atoms in total. The third-order valence-corrected chi connectivity index (χ3v) is 7.81. The van der Waals surface area contributed by atoms with E-state index in [1.807, 2.05) is 36.1 Å². The first-order valence-electron chi connectivity index (χ1n) is 13.0. The van der Waals surface area contributed by atoms with Gasteiger partial charge in [0.05, 0.1) is 26.8 Å². The lowest BCUT2D eigenvalue weighted by Gasteiger charge is -2.40. The molecule has 2 aromatic heterocycles. The average molecular weight is 579 g/mol. The number of amides is 1. The first kappa shape index (κ1) is 27.7. The van der Waals surface area contributed by atoms with E-state index in [-0.39, 0.29) is 23.6 Å². The van der Waals surface area contributed by atoms with Crippen LogP contribution < -0.4 is 10.6 Å². The molecule has 40 heavy (non-hydrogen) atoms. The Balaban J connectivity index is 1.80. The van der Waals surface area contributed by atoms with Gasteiger partial charge in [-0.15, -0.1) is 0 Å². The molecule has 1 atom stereocenters. The van der Waals surface area contributed by atoms with Gasteiger partial charge in [0, 0.05) is 31.2 Å². The lowest BCUT2D eigenvalue weighted by molar-refractivity contribution is -0.126. The van der Waals surface area contributed by atoms with Crippen LogP contribution in [0, 0.1) is 0 Å². The van der Waals surface area contributed by atoms with Gasteiger partial charge in [-0.25, -0.2) is 14.3 Å². The number of carbonyl (C=O) groups excluding carboxylic acids is 1. The van der Waals surface area contributed by atoms with Gasteiger partial charge in [-0.1, -0.05) is 61.8 Å². The van der Waals surface area contributed by atoms with Crippen LogP contribution in [0.1, 0.15) is 32.3 Å². The minimum atomic E-state index is -0.491. The molecular formula is C30H29Cl2N5O3. The summed E-state index contributed by atoms with van der Waals surface area (Å²) in [6.07, 6.45) is 1.31. The maximum atomic E-state index is 13.9. The number of pyridine rings is 1. The molecule has 5 rings (SSSR count). The van der Waals surface area contributed by atoms with Gasteiger partial charge < -0.3 is 14.9 Å². The summed E-state index contributed by atoms with van der Waals surface area (Å²) in [5.41, 5.74) is 2.27. The second-order valence-electron chi connectivity index (χ2n) is 10.2. The smallest absolute Gasteiger partial charge is 0.355 e. The van der Waals surface area contributed by atoms with Crippen LogP contribution in [0.4, 0.5) is 5.82 Å². The molecule has 0 saturated carbocycles. The Kier molecular flexibility index (Phi) is 7.57. The maximum absolute atomic E-state index is 13.9. The van der Waals surface area contributed by atoms with Crippen molar-refractivity contribution in [2.75, 3.05) is 24.5 Å². The number of aromatic hydroxyl groups is 1. The lowest BCUT2D eigenvalue weighted by Crippen LogP contribution is -2.54. The van der Waals surface area contributed by atoms with Gasteiger partial charge in [0.25, 0.3) is 0 Å². The van der Waals surface area contributed by atoms with E-state index in [0.29, 0.717) is 63.5 Å². The zero-order valence-electron chi connectivity index (χ0n) is 22.4. The molecule has 1 amide bonds. The van der Waals surface area contributed by atoms with Gasteiger partial charge in [-0.2, -0.15) is 4.98 Å². The summed E-state index contributed by atoms with van der Waals surface area (Å²) in [5.74, 6) is 0.443. The lowest BCUT2D eigenvalue weighted by atomic mass is 10.0. The average Bonchev–Trinajstić information content (AvgIpc) is 2.93. The highest BCUT2D eigenvalue weighted by molar-refractivity contribution is 6.36. The number of piperazine rings is 1. The van der Waals surface area contributed by atoms with Gasteiger partial charge in [0.15, 0.2) is 5.65 Å². The van der Waals surface area contributed by atoms with Crippen molar-refractivity contribution in [3.63, 3.8) is 0 Å². The molecule has 10 heteroatoms. The second-order valence-corrected chi connectivity index (χ2v) is 11.0. The topological polar surface area (TPSA) is 91.6 Å². The Labute approximate surface area is 242 Å². The van der Waals surface area contributed by atoms with Crippen LogP contribution >= 0.6 is 23.2 Å². The van der Waals surface area contributed by atoms with Crippen LogP contribution in [-0.4, -0.2) is 56.1 Å². The third kappa shape index (κ3) is 4.93. The number of para-hydroxylation sites is 1. The SMILES string of the molecule is C=CC(=O)N1CCN(c2nc(=O)n(-c3ccccc3C(C)C)c3nc(-c4cc(O)ccc4Cl)c(Cl)cc23)[C@@H](C)C1. The molecule has 0 spiro atoms. The summed E-state index contributed by atoms with van der Waals surface area (Å²) < 4.78 is 1.51. The standard InChI is InChI=1S/C30H29Cl2N5O3/c1-5-26(39)35-12-13-36(18(4)16-35)28-22-15-24(32)27(21-14-19(38)10-11-23(21)31)33-29(22)37(30(40)34-28)25-9-7-6-8-20(25)17(2)3/h5-11,14-15,17-18,38H,1,12-13,16H2,2-4H3/t18-/m0/s1. The molecule has 206 valence electrons. The molecular weight excluding hydrogens is 549 g/mol. The summed E-state index contributed by atoms with van der Waals surface area (Å²) in [4.78, 5) is 39.3. The first-order chi connectivity index (χ1) is 19.1. The van der Waals surface area contributed by atoms with E-state index in [4.69, 9.17) is 28.2 Å². The summed E-state index contributed by atoms with van der Waals surface area (Å²) in [6.45, 7) is 11.1. The zero-order valence-corrected chi connectivity index (χ0v) is 23.9. The number of hydrogen-bond acceptors (Lipinski definition) is 6. The molecule has 4 aromatic rings. The number of rotatable bonds is 5. The van der Waals surface area contributed by atoms with Crippen LogP contribution in [0.3, 0.4) is 0 Å². The number of halogens is 2. The Morgan fingerprint density at radius 3 is 2.55 bits per heavy atom. The van der Waals surface area contributed by atoms with Crippen molar-refractivity contribution in [2.45, 2.75) is 32.7 Å². The number of nitrogens with zero attached hydrogens (tertiary/aromatic N) is 5. The molecule has 1 fully saturated rings. The van der Waals surface area contributed by atoms with Gasteiger partial charge in [-0.3, -0.25) is 4.79 Å². The van der Waals surface area contributed by atoms with Gasteiger partial charge in [0.2, 0.25) is 5.91 Å². The fraction of sp³-hybridized carbons (Fsp3) is 0.267. The molecule has 3 heterocycles. The summed E-state index contributed by atoms with van der Waals surface area (Å²) in [7, 11) is 0. The van der Waals surface area contributed by atoms with Crippen molar-refractivity contribution in [3.8, 4) is 22.7 Å². The highest BCUT2D eigenvalue weighted by atomic mass is 35.5. The summed E-state index contributed by atoms with van der Waals surface area (Å²) in [5, 5.41) is 11.4. The number of anilines is 1. The summed E-state index contributed by atoms with van der Waals surface area (Å²) >= 11 is 13.3. The minimum absolute atomic E-state index is 0.0103. The Hall–Kier alpha value is -3.88. The molecule has 1 aliphatic heterocycles. The Bertz CT molecular complexity index is 1700. The largest absolute Gasteiger partial charge is 0.508 e. The number of carbonyl (C=O) groups is 1. The molecule has 1 saturated heterocycles. The minimum Gasteiger partial charge on any atom is -0.508 e. The molecule has 0 unspecified atom stereocenters. The second kappa shape index (κ2) is 10.9. The third-order valence-electron chi connectivity index (χ3n) is 7.19. The van der Waals surface area contributed by atoms with Crippen LogP contribution in [0.5, 0.6) is 5.75 Å². The Morgan fingerprint density at radius 2 is 1.85 bits per heavy atom. The quantitative estimate of drug-likeness (QED) is 0.301. The van der Waals surface area contributed by atoms with Crippen molar-refractivity contribution in [1.82, 2.24) is 19.4 Å². The molecule has 1 aliphatic rings. The zero-order chi connectivity index (χ0) is 28.7. The van der Waals surface area contributed by atoms with Crippen molar-refractivity contribution in [1.29, 1.82) is 0 Å². The van der Waals surface area contributed by atoms with E-state index in [0.717, 1.165) is 5.56 Å². The van der Waals surface area contributed by atoms with Gasteiger partial charge in [-0.05, 0) is 54.8 Å². The predicted octanol–water partition coefficient (Wildman–Crippen LogP) is 5.81. The fourth-order valence-electron chi connectivity index (χ4n) is 5.21. The van der Waals surface area contributed by atoms with E-state index in [1.165, 1.54) is 22.8 Å². The number of benzene rings is 2. The van der Waals surface area contributed by atoms with Crippen molar-refractivity contribution >= 4 is 46.0 Å². The van der Waals surface area contributed by atoms with E-state index >= 15 is 0 Å². The van der Waals surface area contributed by atoms with Gasteiger partial charge in [0.1, 0.15) is 11.6 Å². The Morgan fingerprint density at radius 1 is 1.10 bits per heavy atom. The number of fused-ring (bicyclic) bond motifs is 1. The van der Waals surface area contributed by atoms with Crippen molar-refractivity contribution in [3.05, 3.63) is 87.3 Å². The van der Waals surface area contributed by atoms with E-state index in [9.17, 15) is 14.7 Å². The summed E-state index contributed by atoms with van der Waals surface area (Å²) in [6, 6.07) is 13.8. The van der Waals surface area contributed by atoms with Crippen molar-refractivity contribution < 1.29 is 9.90 Å². The van der Waals surface area contributed by atoms with E-state index in [2.05, 4.69) is 25.4 Å². The maximum Gasteiger partial charge on any atom is 0.355 e. The first-order valence-corrected chi connectivity index (χ1v) is 13.8. The molecule has 0 radical (unpaired) electrons. The van der Waals surface area contributed by atoms with Crippen LogP contribution in [0.25, 0.3) is 28.0 Å². The normalized spacial score (nSPS) is 15.6. The van der Waals surface area contributed by atoms with Crippen molar-refractivity contribution in [2.24, 2.45) is 0 Å². The monoisotopic (exact) mass is 577 g/mol. The number of aromatic nitrogens is 3.